The third kappa shape index (κ3) is 4.51. The van der Waals surface area contributed by atoms with E-state index in [-0.39, 0.29) is 5.91 Å². The third-order valence-electron chi connectivity index (χ3n) is 5.75. The van der Waals surface area contributed by atoms with Gasteiger partial charge in [-0.1, -0.05) is 30.3 Å². The van der Waals surface area contributed by atoms with Crippen LogP contribution in [0.1, 0.15) is 39.7 Å². The van der Waals surface area contributed by atoms with E-state index in [9.17, 15) is 13.6 Å². The number of aromatic nitrogens is 4. The molecule has 0 bridgehead atoms. The molecule has 0 N–H and O–H groups in total. The van der Waals surface area contributed by atoms with Crippen molar-refractivity contribution in [3.05, 3.63) is 71.1 Å². The molecule has 3 aromatic rings. The number of carbonyl (C=O) groups excluding carboxylic acids is 1. The summed E-state index contributed by atoms with van der Waals surface area (Å²) in [5, 5.41) is 4.59. The maximum Gasteiger partial charge on any atom is 0.319 e. The summed E-state index contributed by atoms with van der Waals surface area (Å²) < 4.78 is 28.8. The zero-order valence-electron chi connectivity index (χ0n) is 17.7. The Bertz CT molecular complexity index is 1040. The average molecular weight is 428 g/mol. The van der Waals surface area contributed by atoms with E-state index in [1.165, 1.54) is 12.4 Å². The summed E-state index contributed by atoms with van der Waals surface area (Å²) in [7, 11) is 0. The van der Waals surface area contributed by atoms with Crippen molar-refractivity contribution in [3.63, 3.8) is 0 Å². The van der Waals surface area contributed by atoms with E-state index >= 15 is 0 Å². The molecule has 164 valence electrons. The number of carbonyl (C=O) groups is 1. The molecule has 1 amide bonds. The van der Waals surface area contributed by atoms with Crippen molar-refractivity contribution in [2.45, 2.75) is 33.5 Å². The Morgan fingerprint density at radius 1 is 1.06 bits per heavy atom. The number of halogens is 2. The van der Waals surface area contributed by atoms with E-state index in [0.29, 0.717) is 50.7 Å². The lowest BCUT2D eigenvalue weighted by Crippen LogP contribution is -2.48. The molecule has 0 spiro atoms. The van der Waals surface area contributed by atoms with Gasteiger partial charge in [-0.3, -0.25) is 18.9 Å². The van der Waals surface area contributed by atoms with E-state index in [1.807, 2.05) is 58.7 Å². The first-order valence-corrected chi connectivity index (χ1v) is 10.3. The number of piperazine rings is 1. The zero-order chi connectivity index (χ0) is 22.0. The highest BCUT2D eigenvalue weighted by Crippen LogP contribution is 2.19. The highest BCUT2D eigenvalue weighted by atomic mass is 19.3. The van der Waals surface area contributed by atoms with Crippen molar-refractivity contribution in [2.24, 2.45) is 0 Å². The Hall–Kier alpha value is -3.07. The Morgan fingerprint density at radius 3 is 2.45 bits per heavy atom. The molecular weight excluding hydrogens is 402 g/mol. The summed E-state index contributed by atoms with van der Waals surface area (Å²) in [6.07, 6.45) is 2.68. The minimum Gasteiger partial charge on any atom is -0.336 e. The lowest BCUT2D eigenvalue weighted by atomic mass is 10.1. The molecule has 3 heterocycles. The fourth-order valence-electron chi connectivity index (χ4n) is 4.03. The van der Waals surface area contributed by atoms with Crippen LogP contribution in [0.2, 0.25) is 0 Å². The number of alkyl halides is 2. The monoisotopic (exact) mass is 428 g/mol. The van der Waals surface area contributed by atoms with Crippen molar-refractivity contribution >= 4 is 5.91 Å². The third-order valence-corrected chi connectivity index (χ3v) is 5.75. The lowest BCUT2D eigenvalue weighted by Gasteiger charge is -2.34. The molecule has 1 aromatic carbocycles. The van der Waals surface area contributed by atoms with Gasteiger partial charge in [0.1, 0.15) is 5.82 Å². The van der Waals surface area contributed by atoms with Gasteiger partial charge in [-0.15, -0.1) is 0 Å². The number of hydrogen-bond donors (Lipinski definition) is 0. The molecule has 0 unspecified atom stereocenters. The predicted molar refractivity (Wildman–Crippen MR) is 112 cm³/mol. The molecule has 7 nitrogen and oxygen atoms in total. The maximum absolute atomic E-state index is 13.2. The van der Waals surface area contributed by atoms with Crippen molar-refractivity contribution in [1.29, 1.82) is 0 Å². The van der Waals surface area contributed by atoms with Gasteiger partial charge in [0.2, 0.25) is 0 Å². The Balaban J connectivity index is 1.40. The number of hydrogen-bond acceptors (Lipinski definition) is 4. The molecule has 1 fully saturated rings. The van der Waals surface area contributed by atoms with Gasteiger partial charge < -0.3 is 4.90 Å². The van der Waals surface area contributed by atoms with Crippen LogP contribution >= 0.6 is 0 Å². The lowest BCUT2D eigenvalue weighted by molar-refractivity contribution is 0.0554. The summed E-state index contributed by atoms with van der Waals surface area (Å²) in [4.78, 5) is 21.1. The van der Waals surface area contributed by atoms with Gasteiger partial charge >= 0.3 is 6.55 Å². The van der Waals surface area contributed by atoms with Crippen LogP contribution in [0, 0.1) is 13.8 Å². The van der Waals surface area contributed by atoms with Crippen LogP contribution in [0.15, 0.2) is 42.7 Å². The van der Waals surface area contributed by atoms with Gasteiger partial charge in [0.05, 0.1) is 24.3 Å². The van der Waals surface area contributed by atoms with E-state index in [4.69, 9.17) is 0 Å². The standard InChI is InChI=1S/C22H26F2N6O/c1-16-20(17(2)30(26-16)14-18-6-4-3-5-7-18)21(31)28-12-10-27(11-13-28)15-19-25-8-9-29(19)22(23)24/h3-9,22H,10-15H2,1-2H3. The normalized spacial score (nSPS) is 15.1. The first-order valence-electron chi connectivity index (χ1n) is 10.3. The topological polar surface area (TPSA) is 59.2 Å². The van der Waals surface area contributed by atoms with Crippen LogP contribution in [0.5, 0.6) is 0 Å². The number of rotatable bonds is 6. The van der Waals surface area contributed by atoms with Gasteiger partial charge in [-0.25, -0.2) is 4.98 Å². The number of imidazole rings is 1. The molecule has 1 saturated heterocycles. The fourth-order valence-corrected chi connectivity index (χ4v) is 4.03. The van der Waals surface area contributed by atoms with Gasteiger partial charge in [-0.2, -0.15) is 13.9 Å². The number of amides is 1. The highest BCUT2D eigenvalue weighted by Gasteiger charge is 2.27. The molecule has 0 aliphatic carbocycles. The zero-order valence-corrected chi connectivity index (χ0v) is 17.7. The average Bonchev–Trinajstić information content (AvgIpc) is 3.33. The van der Waals surface area contributed by atoms with Crippen LogP contribution in [0.3, 0.4) is 0 Å². The van der Waals surface area contributed by atoms with Crippen molar-refractivity contribution in [2.75, 3.05) is 26.2 Å². The molecule has 0 atom stereocenters. The van der Waals surface area contributed by atoms with Crippen molar-refractivity contribution < 1.29 is 13.6 Å². The summed E-state index contributed by atoms with van der Waals surface area (Å²) >= 11 is 0. The first-order chi connectivity index (χ1) is 14.9. The van der Waals surface area contributed by atoms with Crippen LogP contribution in [0.4, 0.5) is 8.78 Å². The van der Waals surface area contributed by atoms with Crippen molar-refractivity contribution in [3.8, 4) is 0 Å². The van der Waals surface area contributed by atoms with Crippen LogP contribution < -0.4 is 0 Å². The molecule has 31 heavy (non-hydrogen) atoms. The molecule has 2 aromatic heterocycles. The summed E-state index contributed by atoms with van der Waals surface area (Å²) in [6.45, 7) is 4.44. The number of nitrogens with zero attached hydrogens (tertiary/aromatic N) is 6. The van der Waals surface area contributed by atoms with Crippen LogP contribution in [-0.2, 0) is 13.1 Å². The SMILES string of the molecule is Cc1nn(Cc2ccccc2)c(C)c1C(=O)N1CCN(Cc2nccn2C(F)F)CC1. The molecule has 0 radical (unpaired) electrons. The molecule has 9 heteroatoms. The van der Waals surface area contributed by atoms with E-state index in [0.717, 1.165) is 21.5 Å². The predicted octanol–water partition coefficient (Wildman–Crippen LogP) is 3.10. The molecule has 0 saturated carbocycles. The van der Waals surface area contributed by atoms with Crippen LogP contribution in [-0.4, -0.2) is 61.2 Å². The van der Waals surface area contributed by atoms with Crippen LogP contribution in [0.25, 0.3) is 0 Å². The maximum atomic E-state index is 13.2. The molecule has 4 rings (SSSR count). The fraction of sp³-hybridized carbons (Fsp3) is 0.409. The minimum absolute atomic E-state index is 0.0250. The second kappa shape index (κ2) is 8.97. The number of aryl methyl sites for hydroxylation is 1. The molecule has 1 aliphatic heterocycles. The Kier molecular flexibility index (Phi) is 6.13. The number of benzene rings is 1. The molecular formula is C22H26F2N6O. The smallest absolute Gasteiger partial charge is 0.319 e. The first kappa shape index (κ1) is 21.2. The second-order valence-electron chi connectivity index (χ2n) is 7.79. The summed E-state index contributed by atoms with van der Waals surface area (Å²) in [6, 6.07) is 10.0. The highest BCUT2D eigenvalue weighted by molar-refractivity contribution is 5.96. The quantitative estimate of drug-likeness (QED) is 0.606. The van der Waals surface area contributed by atoms with Gasteiger partial charge in [0.15, 0.2) is 0 Å². The summed E-state index contributed by atoms with van der Waals surface area (Å²) in [5.74, 6) is 0.312. The van der Waals surface area contributed by atoms with Gasteiger partial charge in [0.25, 0.3) is 5.91 Å². The minimum atomic E-state index is -2.60. The van der Waals surface area contributed by atoms with E-state index < -0.39 is 6.55 Å². The summed E-state index contributed by atoms with van der Waals surface area (Å²) in [5.41, 5.74) is 3.35. The van der Waals surface area contributed by atoms with Gasteiger partial charge in [0, 0.05) is 44.3 Å². The Morgan fingerprint density at radius 2 is 1.77 bits per heavy atom. The molecule has 1 aliphatic rings. The van der Waals surface area contributed by atoms with E-state index in [1.54, 1.807) is 0 Å². The van der Waals surface area contributed by atoms with Crippen molar-refractivity contribution in [1.82, 2.24) is 29.1 Å². The largest absolute Gasteiger partial charge is 0.336 e. The second-order valence-corrected chi connectivity index (χ2v) is 7.79. The van der Waals surface area contributed by atoms with Gasteiger partial charge in [-0.05, 0) is 19.4 Å². The van der Waals surface area contributed by atoms with E-state index in [2.05, 4.69) is 10.1 Å². The Labute approximate surface area is 179 Å².